The van der Waals surface area contributed by atoms with Crippen LogP contribution in [0.3, 0.4) is 0 Å². The Labute approximate surface area is 176 Å². The SMILES string of the molecule is O=C1c2oc3ccc(Br)cc3c(=O)c2[C@@H](c2ccc(Cl)cc2)N1c1nccs1. The van der Waals surface area contributed by atoms with Gasteiger partial charge in [0.05, 0.1) is 17.0 Å². The van der Waals surface area contributed by atoms with Crippen LogP contribution >= 0.6 is 38.9 Å². The molecule has 0 unspecified atom stereocenters. The maximum absolute atomic E-state index is 13.4. The highest BCUT2D eigenvalue weighted by molar-refractivity contribution is 9.10. The number of nitrogens with zero attached hydrogens (tertiary/aromatic N) is 2. The molecule has 0 aliphatic carbocycles. The third-order valence-electron chi connectivity index (χ3n) is 4.64. The molecular weight excluding hydrogens is 464 g/mol. The summed E-state index contributed by atoms with van der Waals surface area (Å²) in [6.45, 7) is 0. The van der Waals surface area contributed by atoms with E-state index >= 15 is 0 Å². The van der Waals surface area contributed by atoms with Crippen LogP contribution in [0, 0.1) is 0 Å². The Morgan fingerprint density at radius 2 is 1.93 bits per heavy atom. The fourth-order valence-corrected chi connectivity index (χ4v) is 4.59. The van der Waals surface area contributed by atoms with Crippen LogP contribution < -0.4 is 10.3 Å². The molecule has 1 amide bonds. The molecule has 8 heteroatoms. The first kappa shape index (κ1) is 17.6. The van der Waals surface area contributed by atoms with Gasteiger partial charge < -0.3 is 4.42 Å². The molecule has 0 bridgehead atoms. The monoisotopic (exact) mass is 472 g/mol. The van der Waals surface area contributed by atoms with Crippen molar-refractivity contribution in [3.63, 3.8) is 0 Å². The van der Waals surface area contributed by atoms with Gasteiger partial charge in [-0.3, -0.25) is 14.5 Å². The van der Waals surface area contributed by atoms with Gasteiger partial charge in [0.1, 0.15) is 5.58 Å². The summed E-state index contributed by atoms with van der Waals surface area (Å²) >= 11 is 10.7. The Balaban J connectivity index is 1.83. The minimum Gasteiger partial charge on any atom is -0.450 e. The van der Waals surface area contributed by atoms with Crippen molar-refractivity contribution < 1.29 is 9.21 Å². The van der Waals surface area contributed by atoms with Crippen molar-refractivity contribution in [1.82, 2.24) is 4.98 Å². The van der Waals surface area contributed by atoms with Gasteiger partial charge in [0.25, 0.3) is 5.91 Å². The zero-order chi connectivity index (χ0) is 19.4. The van der Waals surface area contributed by atoms with Crippen LogP contribution in [0.5, 0.6) is 0 Å². The second-order valence-corrected chi connectivity index (χ2v) is 8.48. The van der Waals surface area contributed by atoms with E-state index in [0.29, 0.717) is 26.7 Å². The number of thiazole rings is 1. The lowest BCUT2D eigenvalue weighted by Gasteiger charge is -2.22. The van der Waals surface area contributed by atoms with Gasteiger partial charge in [-0.15, -0.1) is 11.3 Å². The smallest absolute Gasteiger partial charge is 0.297 e. The lowest BCUT2D eigenvalue weighted by atomic mass is 9.99. The molecule has 2 aromatic heterocycles. The number of halogens is 2. The molecule has 5 nitrogen and oxygen atoms in total. The topological polar surface area (TPSA) is 63.4 Å². The first-order valence-electron chi connectivity index (χ1n) is 8.29. The summed E-state index contributed by atoms with van der Waals surface area (Å²) in [5, 5.41) is 3.28. The molecule has 4 aromatic rings. The average Bonchev–Trinajstić information content (AvgIpc) is 3.30. The average molecular weight is 474 g/mol. The minimum atomic E-state index is -0.634. The predicted octanol–water partition coefficient (Wildman–Crippen LogP) is 5.42. The van der Waals surface area contributed by atoms with Gasteiger partial charge in [-0.25, -0.2) is 4.98 Å². The molecule has 138 valence electrons. The quantitative estimate of drug-likeness (QED) is 0.390. The summed E-state index contributed by atoms with van der Waals surface area (Å²) < 4.78 is 6.66. The van der Waals surface area contributed by atoms with Crippen LogP contribution in [0.4, 0.5) is 5.13 Å². The zero-order valence-corrected chi connectivity index (χ0v) is 17.2. The van der Waals surface area contributed by atoms with E-state index in [0.717, 1.165) is 10.0 Å². The van der Waals surface area contributed by atoms with Crippen molar-refractivity contribution in [3.05, 3.63) is 90.6 Å². The minimum absolute atomic E-state index is 0.0509. The van der Waals surface area contributed by atoms with E-state index in [4.69, 9.17) is 16.0 Å². The number of hydrogen-bond acceptors (Lipinski definition) is 5. The van der Waals surface area contributed by atoms with Crippen LogP contribution in [-0.4, -0.2) is 10.9 Å². The Hall–Kier alpha value is -2.48. The highest BCUT2D eigenvalue weighted by Crippen LogP contribution is 2.42. The standard InChI is InChI=1S/C20H10BrClN2O3S/c21-11-3-6-14-13(9-11)17(25)15-16(10-1-4-12(22)5-2-10)24(19(26)18(15)27-14)20-23-7-8-28-20/h1-9,16H/t16-/m1/s1. The van der Waals surface area contributed by atoms with Crippen LogP contribution in [0.15, 0.2) is 67.7 Å². The largest absolute Gasteiger partial charge is 0.450 e. The van der Waals surface area contributed by atoms with E-state index < -0.39 is 6.04 Å². The van der Waals surface area contributed by atoms with Crippen molar-refractivity contribution in [2.75, 3.05) is 4.90 Å². The van der Waals surface area contributed by atoms with Crippen LogP contribution in [0.25, 0.3) is 11.0 Å². The zero-order valence-electron chi connectivity index (χ0n) is 14.1. The summed E-state index contributed by atoms with van der Waals surface area (Å²) in [6, 6.07) is 11.6. The molecule has 2 aromatic carbocycles. The number of rotatable bonds is 2. The number of aromatic nitrogens is 1. The second kappa shape index (κ2) is 6.55. The molecule has 1 aliphatic rings. The lowest BCUT2D eigenvalue weighted by Crippen LogP contribution is -2.29. The fraction of sp³-hybridized carbons (Fsp3) is 0.0500. The van der Waals surface area contributed by atoms with E-state index in [9.17, 15) is 9.59 Å². The van der Waals surface area contributed by atoms with Crippen LogP contribution in [0.2, 0.25) is 5.02 Å². The number of benzene rings is 2. The first-order valence-corrected chi connectivity index (χ1v) is 10.3. The molecule has 0 saturated carbocycles. The molecule has 0 saturated heterocycles. The van der Waals surface area contributed by atoms with Gasteiger partial charge >= 0.3 is 0 Å². The van der Waals surface area contributed by atoms with E-state index in [1.165, 1.54) is 16.2 Å². The highest BCUT2D eigenvalue weighted by Gasteiger charge is 2.44. The highest BCUT2D eigenvalue weighted by atomic mass is 79.9. The molecule has 0 spiro atoms. The van der Waals surface area contributed by atoms with E-state index in [1.807, 2.05) is 0 Å². The first-order chi connectivity index (χ1) is 13.5. The van der Waals surface area contributed by atoms with Crippen LogP contribution in [-0.2, 0) is 0 Å². The van der Waals surface area contributed by atoms with E-state index in [1.54, 1.807) is 54.0 Å². The number of carbonyl (C=O) groups excluding carboxylic acids is 1. The van der Waals surface area contributed by atoms with Gasteiger partial charge in [0, 0.05) is 21.1 Å². The van der Waals surface area contributed by atoms with E-state index in [2.05, 4.69) is 20.9 Å². The number of carbonyl (C=O) groups is 1. The maximum Gasteiger partial charge on any atom is 0.297 e. The van der Waals surface area contributed by atoms with Crippen molar-refractivity contribution in [2.24, 2.45) is 0 Å². The Bertz CT molecular complexity index is 1290. The van der Waals surface area contributed by atoms with Gasteiger partial charge in [-0.1, -0.05) is 39.7 Å². The predicted molar refractivity (Wildman–Crippen MR) is 112 cm³/mol. The van der Waals surface area contributed by atoms with Crippen molar-refractivity contribution in [1.29, 1.82) is 0 Å². The summed E-state index contributed by atoms with van der Waals surface area (Å²) in [6.07, 6.45) is 1.62. The molecule has 0 radical (unpaired) electrons. The molecule has 5 rings (SSSR count). The molecular formula is C20H10BrClN2O3S. The van der Waals surface area contributed by atoms with Crippen molar-refractivity contribution in [3.8, 4) is 0 Å². The Morgan fingerprint density at radius 1 is 1.14 bits per heavy atom. The molecule has 1 aliphatic heterocycles. The fourth-order valence-electron chi connectivity index (χ4n) is 3.44. The molecule has 0 N–H and O–H groups in total. The van der Waals surface area contributed by atoms with Gasteiger partial charge in [-0.2, -0.15) is 0 Å². The summed E-state index contributed by atoms with van der Waals surface area (Å²) in [7, 11) is 0. The third-order valence-corrected chi connectivity index (χ3v) is 6.16. The molecule has 28 heavy (non-hydrogen) atoms. The number of amides is 1. The maximum atomic E-state index is 13.4. The lowest BCUT2D eigenvalue weighted by molar-refractivity contribution is 0.0971. The molecule has 3 heterocycles. The second-order valence-electron chi connectivity index (χ2n) is 6.26. The summed E-state index contributed by atoms with van der Waals surface area (Å²) in [5.74, 6) is -0.332. The van der Waals surface area contributed by atoms with Crippen LogP contribution in [0.1, 0.15) is 27.7 Å². The van der Waals surface area contributed by atoms with Crippen molar-refractivity contribution in [2.45, 2.75) is 6.04 Å². The number of anilines is 1. The summed E-state index contributed by atoms with van der Waals surface area (Å²) in [5.41, 5.74) is 1.21. The third kappa shape index (κ3) is 2.62. The number of fused-ring (bicyclic) bond motifs is 2. The Kier molecular flexibility index (Phi) is 4.12. The normalized spacial score (nSPS) is 16.0. The summed E-state index contributed by atoms with van der Waals surface area (Å²) in [4.78, 5) is 32.4. The van der Waals surface area contributed by atoms with E-state index in [-0.39, 0.29) is 17.1 Å². The molecule has 0 fully saturated rings. The van der Waals surface area contributed by atoms with Gasteiger partial charge in [-0.05, 0) is 35.9 Å². The van der Waals surface area contributed by atoms with Gasteiger partial charge in [0.2, 0.25) is 5.76 Å². The Morgan fingerprint density at radius 3 is 2.64 bits per heavy atom. The van der Waals surface area contributed by atoms with Crippen molar-refractivity contribution >= 4 is 60.9 Å². The number of hydrogen-bond donors (Lipinski definition) is 0. The molecule has 1 atom stereocenters. The van der Waals surface area contributed by atoms with Gasteiger partial charge in [0.15, 0.2) is 10.6 Å².